The van der Waals surface area contributed by atoms with Crippen LogP contribution in [0.5, 0.6) is 0 Å². The van der Waals surface area contributed by atoms with Gasteiger partial charge in [0.1, 0.15) is 0 Å². The maximum atomic E-state index is 11.9. The monoisotopic (exact) mass is 354 g/mol. The zero-order valence-corrected chi connectivity index (χ0v) is 14.6. The number of fused-ring (bicyclic) bond motifs is 2. The topological polar surface area (TPSA) is 84.9 Å². The minimum absolute atomic E-state index is 0.360. The average molecular weight is 354 g/mol. The molecule has 0 amide bonds. The predicted octanol–water partition coefficient (Wildman–Crippen LogP) is -0.253. The van der Waals surface area contributed by atoms with E-state index in [0.29, 0.717) is 45.5 Å². The number of hydrogen-bond acceptors (Lipinski definition) is 7. The normalized spacial score (nSPS) is 28.3. The predicted molar refractivity (Wildman–Crippen MR) is 87.4 cm³/mol. The van der Waals surface area contributed by atoms with E-state index in [1.54, 1.807) is 0 Å². The molecule has 24 heavy (non-hydrogen) atoms. The van der Waals surface area contributed by atoms with Crippen molar-refractivity contribution in [2.75, 3.05) is 57.2 Å². The van der Waals surface area contributed by atoms with Crippen LogP contribution in [0.3, 0.4) is 0 Å². The van der Waals surface area contributed by atoms with Gasteiger partial charge in [0.25, 0.3) is 0 Å². The molecule has 9 heteroatoms. The summed E-state index contributed by atoms with van der Waals surface area (Å²) in [5.41, 5.74) is 1.56. The molecule has 0 N–H and O–H groups in total. The minimum Gasteiger partial charge on any atom is -0.378 e. The number of rotatable bonds is 2. The largest absolute Gasteiger partial charge is 0.378 e. The van der Waals surface area contributed by atoms with E-state index in [1.165, 1.54) is 10.6 Å². The molecule has 2 saturated heterocycles. The summed E-state index contributed by atoms with van der Waals surface area (Å²) >= 11 is 0. The van der Waals surface area contributed by atoms with E-state index in [0.717, 1.165) is 30.8 Å². The van der Waals surface area contributed by atoms with Crippen molar-refractivity contribution in [1.82, 2.24) is 14.3 Å². The smallest absolute Gasteiger partial charge is 0.225 e. The molecular formula is C15H22N4O4S. The number of hydrogen-bond donors (Lipinski definition) is 0. The van der Waals surface area contributed by atoms with Gasteiger partial charge < -0.3 is 14.4 Å². The zero-order valence-electron chi connectivity index (χ0n) is 13.8. The molecule has 8 nitrogen and oxygen atoms in total. The van der Waals surface area contributed by atoms with Crippen molar-refractivity contribution in [2.45, 2.75) is 18.4 Å². The lowest BCUT2D eigenvalue weighted by Gasteiger charge is -2.35. The van der Waals surface area contributed by atoms with E-state index in [4.69, 9.17) is 14.5 Å². The fourth-order valence-corrected chi connectivity index (χ4v) is 4.64. The van der Waals surface area contributed by atoms with Gasteiger partial charge in [0.15, 0.2) is 0 Å². The van der Waals surface area contributed by atoms with Crippen LogP contribution in [-0.2, 0) is 31.5 Å². The van der Waals surface area contributed by atoms with Gasteiger partial charge in [-0.25, -0.2) is 22.7 Å². The highest BCUT2D eigenvalue weighted by atomic mass is 32.2. The van der Waals surface area contributed by atoms with Crippen LogP contribution in [-0.4, -0.2) is 74.9 Å². The maximum Gasteiger partial charge on any atom is 0.225 e. The first-order valence-corrected chi connectivity index (χ1v) is 10.0. The summed E-state index contributed by atoms with van der Waals surface area (Å²) in [6.45, 7) is 4.84. The van der Waals surface area contributed by atoms with Gasteiger partial charge in [-0.05, 0) is 6.42 Å². The standard InChI is InChI=1S/C15H22N4O4S/c1-24(20,21)19-3-2-15(10-19)11-23-9-12-8-16-14(17-13(12)15)18-4-6-22-7-5-18/h8H,2-7,9-11H2,1H3/t15-/m1/s1. The van der Waals surface area contributed by atoms with Gasteiger partial charge in [-0.2, -0.15) is 0 Å². The van der Waals surface area contributed by atoms with Gasteiger partial charge >= 0.3 is 0 Å². The molecule has 1 atom stereocenters. The summed E-state index contributed by atoms with van der Waals surface area (Å²) < 4.78 is 36.5. The lowest BCUT2D eigenvalue weighted by molar-refractivity contribution is 0.0530. The summed E-state index contributed by atoms with van der Waals surface area (Å²) in [7, 11) is -3.20. The molecule has 1 spiro atoms. The number of nitrogens with zero attached hydrogens (tertiary/aromatic N) is 4. The van der Waals surface area contributed by atoms with Gasteiger partial charge in [0.05, 0.1) is 43.8 Å². The average Bonchev–Trinajstić information content (AvgIpc) is 3.01. The van der Waals surface area contributed by atoms with Crippen LogP contribution in [0.1, 0.15) is 17.7 Å². The second kappa shape index (κ2) is 5.91. The highest BCUT2D eigenvalue weighted by Gasteiger charge is 2.47. The molecule has 4 rings (SSSR count). The van der Waals surface area contributed by atoms with Gasteiger partial charge in [-0.3, -0.25) is 0 Å². The molecule has 3 aliphatic heterocycles. The number of ether oxygens (including phenoxy) is 2. The fraction of sp³-hybridized carbons (Fsp3) is 0.733. The Labute approximate surface area is 141 Å². The first-order valence-electron chi connectivity index (χ1n) is 8.20. The van der Waals surface area contributed by atoms with Gasteiger partial charge in [0.2, 0.25) is 16.0 Å². The number of sulfonamides is 1. The first-order chi connectivity index (χ1) is 11.5. The van der Waals surface area contributed by atoms with Gasteiger partial charge in [-0.1, -0.05) is 0 Å². The Morgan fingerprint density at radius 2 is 2.00 bits per heavy atom. The number of aromatic nitrogens is 2. The van der Waals surface area contributed by atoms with Crippen molar-refractivity contribution in [2.24, 2.45) is 0 Å². The zero-order chi connectivity index (χ0) is 16.8. The highest BCUT2D eigenvalue weighted by Crippen LogP contribution is 2.40. The van der Waals surface area contributed by atoms with E-state index >= 15 is 0 Å². The lowest BCUT2D eigenvalue weighted by Crippen LogP contribution is -2.43. The van der Waals surface area contributed by atoms with Gasteiger partial charge in [0, 0.05) is 37.9 Å². The maximum absolute atomic E-state index is 11.9. The quantitative estimate of drug-likeness (QED) is 0.724. The van der Waals surface area contributed by atoms with Crippen molar-refractivity contribution < 1.29 is 17.9 Å². The molecule has 1 aromatic heterocycles. The second-order valence-corrected chi connectivity index (χ2v) is 8.75. The fourth-order valence-electron chi connectivity index (χ4n) is 3.73. The van der Waals surface area contributed by atoms with Crippen LogP contribution in [0, 0.1) is 0 Å². The Balaban J connectivity index is 1.69. The molecule has 0 saturated carbocycles. The van der Waals surface area contributed by atoms with Crippen molar-refractivity contribution in [1.29, 1.82) is 0 Å². The summed E-state index contributed by atoms with van der Waals surface area (Å²) in [6, 6.07) is 0. The number of morpholine rings is 1. The van der Waals surface area contributed by atoms with E-state index in [1.807, 2.05) is 6.20 Å². The van der Waals surface area contributed by atoms with Crippen LogP contribution < -0.4 is 4.90 Å². The van der Waals surface area contributed by atoms with E-state index in [9.17, 15) is 8.42 Å². The van der Waals surface area contributed by atoms with Crippen LogP contribution in [0.25, 0.3) is 0 Å². The second-order valence-electron chi connectivity index (χ2n) is 6.76. The van der Waals surface area contributed by atoms with Crippen molar-refractivity contribution >= 4 is 16.0 Å². The van der Waals surface area contributed by atoms with Crippen LogP contribution in [0.2, 0.25) is 0 Å². The highest BCUT2D eigenvalue weighted by molar-refractivity contribution is 7.88. The third kappa shape index (κ3) is 2.79. The summed E-state index contributed by atoms with van der Waals surface area (Å²) in [5.74, 6) is 0.705. The summed E-state index contributed by atoms with van der Waals surface area (Å²) in [6.07, 6.45) is 3.82. The van der Waals surface area contributed by atoms with Crippen LogP contribution in [0.4, 0.5) is 5.95 Å². The molecule has 0 bridgehead atoms. The van der Waals surface area contributed by atoms with E-state index in [2.05, 4.69) is 9.88 Å². The van der Waals surface area contributed by atoms with Crippen molar-refractivity contribution in [3.63, 3.8) is 0 Å². The Hall–Kier alpha value is -1.29. The van der Waals surface area contributed by atoms with Crippen LogP contribution in [0.15, 0.2) is 6.20 Å². The molecule has 2 fully saturated rings. The van der Waals surface area contributed by atoms with Crippen molar-refractivity contribution in [3.8, 4) is 0 Å². The number of anilines is 1. The molecule has 0 radical (unpaired) electrons. The Morgan fingerprint density at radius 3 is 2.71 bits per heavy atom. The Bertz CT molecular complexity index is 735. The Morgan fingerprint density at radius 1 is 1.21 bits per heavy atom. The lowest BCUT2D eigenvalue weighted by atomic mass is 9.81. The molecule has 132 valence electrons. The molecule has 0 aliphatic carbocycles. The molecule has 3 aliphatic rings. The molecule has 4 heterocycles. The molecule has 1 aromatic rings. The van der Waals surface area contributed by atoms with Crippen LogP contribution >= 0.6 is 0 Å². The summed E-state index contributed by atoms with van der Waals surface area (Å²) in [5, 5.41) is 0. The molecular weight excluding hydrogens is 332 g/mol. The minimum atomic E-state index is -3.20. The SMILES string of the molecule is CS(=O)(=O)N1CC[C@]2(COCc3cnc(N4CCOCC4)nc32)C1. The molecule has 0 aromatic carbocycles. The van der Waals surface area contributed by atoms with Gasteiger partial charge in [-0.15, -0.1) is 0 Å². The van der Waals surface area contributed by atoms with E-state index in [-0.39, 0.29) is 5.41 Å². The first kappa shape index (κ1) is 16.2. The molecule has 0 unspecified atom stereocenters. The third-order valence-electron chi connectivity index (χ3n) is 5.07. The summed E-state index contributed by atoms with van der Waals surface area (Å²) in [4.78, 5) is 11.5. The van der Waals surface area contributed by atoms with Crippen molar-refractivity contribution in [3.05, 3.63) is 17.5 Å². The Kier molecular flexibility index (Phi) is 3.98. The third-order valence-corrected chi connectivity index (χ3v) is 6.32. The van der Waals surface area contributed by atoms with E-state index < -0.39 is 10.0 Å².